The van der Waals surface area contributed by atoms with Gasteiger partial charge in [-0.25, -0.2) is 15.0 Å². The second-order valence-corrected chi connectivity index (χ2v) is 8.58. The van der Waals surface area contributed by atoms with Crippen LogP contribution in [0.2, 0.25) is 0 Å². The van der Waals surface area contributed by atoms with E-state index in [4.69, 9.17) is 4.98 Å². The number of pyridine rings is 1. The number of fused-ring (bicyclic) bond motifs is 1. The topological polar surface area (TPSA) is 68.5 Å². The van der Waals surface area contributed by atoms with E-state index in [0.717, 1.165) is 28.1 Å². The summed E-state index contributed by atoms with van der Waals surface area (Å²) in [6.07, 6.45) is 14.7. The van der Waals surface area contributed by atoms with Gasteiger partial charge in [0.25, 0.3) is 0 Å². The molecule has 0 spiro atoms. The fourth-order valence-corrected chi connectivity index (χ4v) is 4.44. The number of rotatable bonds is 5. The zero-order valence-electron chi connectivity index (χ0n) is 18.2. The predicted octanol–water partition coefficient (Wildman–Crippen LogP) is 5.07. The number of nitrogens with one attached hydrogen (secondary N) is 1. The molecule has 1 aliphatic rings. The molecule has 0 amide bonds. The van der Waals surface area contributed by atoms with E-state index in [1.807, 2.05) is 42.6 Å². The van der Waals surface area contributed by atoms with E-state index < -0.39 is 0 Å². The second-order valence-electron chi connectivity index (χ2n) is 8.58. The molecule has 158 valence electrons. The van der Waals surface area contributed by atoms with E-state index in [1.165, 1.54) is 48.8 Å². The van der Waals surface area contributed by atoms with Crippen molar-refractivity contribution in [1.29, 1.82) is 0 Å². The van der Waals surface area contributed by atoms with Crippen LogP contribution in [-0.4, -0.2) is 30.8 Å². The number of hydrogen-bond donors (Lipinski definition) is 1. The van der Waals surface area contributed by atoms with Gasteiger partial charge in [0.1, 0.15) is 11.3 Å². The molecular weight excluding hydrogens is 384 g/mol. The van der Waals surface area contributed by atoms with Crippen LogP contribution >= 0.6 is 0 Å². The number of hydrogen-bond acceptors (Lipinski definition) is 5. The lowest BCUT2D eigenvalue weighted by molar-refractivity contribution is 0.462. The molecule has 3 aromatic heterocycles. The Labute approximate surface area is 182 Å². The first-order valence-electron chi connectivity index (χ1n) is 11.1. The standard InChI is InChI=1S/C25H28N6/c1-17-12-19(21-15-28-31(2)16-21)9-8-18(17)13-23-27-14-20-10-11-26-25(24(20)30-23)29-22-6-4-3-5-7-22/h8-12,14-16,22H,3-7,13H2,1-2H3,(H,26,29). The lowest BCUT2D eigenvalue weighted by atomic mass is 9.95. The molecule has 3 heterocycles. The molecule has 1 saturated carbocycles. The maximum absolute atomic E-state index is 4.91. The maximum atomic E-state index is 4.91. The van der Waals surface area contributed by atoms with E-state index in [-0.39, 0.29) is 0 Å². The van der Waals surface area contributed by atoms with Gasteiger partial charge in [0.05, 0.1) is 6.20 Å². The number of anilines is 1. The van der Waals surface area contributed by atoms with Crippen LogP contribution in [0.3, 0.4) is 0 Å². The zero-order chi connectivity index (χ0) is 21.2. The molecule has 4 aromatic rings. The van der Waals surface area contributed by atoms with Crippen molar-refractivity contribution in [3.8, 4) is 11.1 Å². The third-order valence-corrected chi connectivity index (χ3v) is 6.22. The molecular formula is C25H28N6. The van der Waals surface area contributed by atoms with Crippen LogP contribution in [0.25, 0.3) is 22.0 Å². The number of aromatic nitrogens is 5. The van der Waals surface area contributed by atoms with E-state index >= 15 is 0 Å². The quantitative estimate of drug-likeness (QED) is 0.496. The largest absolute Gasteiger partial charge is 0.366 e. The molecule has 0 unspecified atom stereocenters. The first-order chi connectivity index (χ1) is 15.2. The van der Waals surface area contributed by atoms with Crippen LogP contribution in [0.4, 0.5) is 5.82 Å². The van der Waals surface area contributed by atoms with Crippen molar-refractivity contribution in [3.05, 3.63) is 66.0 Å². The third-order valence-electron chi connectivity index (χ3n) is 6.22. The highest BCUT2D eigenvalue weighted by Crippen LogP contribution is 2.26. The highest BCUT2D eigenvalue weighted by molar-refractivity contribution is 5.87. The number of nitrogens with zero attached hydrogens (tertiary/aromatic N) is 5. The van der Waals surface area contributed by atoms with Crippen LogP contribution in [0.5, 0.6) is 0 Å². The summed E-state index contributed by atoms with van der Waals surface area (Å²) in [5.74, 6) is 1.71. The van der Waals surface area contributed by atoms with Crippen LogP contribution in [0.1, 0.15) is 49.1 Å². The zero-order valence-corrected chi connectivity index (χ0v) is 18.2. The van der Waals surface area contributed by atoms with Gasteiger partial charge in [-0.1, -0.05) is 37.5 Å². The van der Waals surface area contributed by atoms with Crippen molar-refractivity contribution in [1.82, 2.24) is 24.7 Å². The summed E-state index contributed by atoms with van der Waals surface area (Å²) in [4.78, 5) is 14.2. The lowest BCUT2D eigenvalue weighted by Crippen LogP contribution is -2.23. The van der Waals surface area contributed by atoms with Crippen molar-refractivity contribution in [3.63, 3.8) is 0 Å². The van der Waals surface area contributed by atoms with Gasteiger partial charge in [-0.15, -0.1) is 0 Å². The van der Waals surface area contributed by atoms with Gasteiger partial charge in [0.2, 0.25) is 0 Å². The van der Waals surface area contributed by atoms with E-state index in [1.54, 1.807) is 0 Å². The minimum absolute atomic E-state index is 0.493. The smallest absolute Gasteiger partial charge is 0.152 e. The van der Waals surface area contributed by atoms with Gasteiger partial charge >= 0.3 is 0 Å². The monoisotopic (exact) mass is 412 g/mol. The van der Waals surface area contributed by atoms with Crippen molar-refractivity contribution in [2.75, 3.05) is 5.32 Å². The Hall–Kier alpha value is -3.28. The van der Waals surface area contributed by atoms with E-state index in [2.05, 4.69) is 45.5 Å². The number of aryl methyl sites for hydroxylation is 2. The maximum Gasteiger partial charge on any atom is 0.152 e. The van der Waals surface area contributed by atoms with Crippen LogP contribution < -0.4 is 5.32 Å². The van der Waals surface area contributed by atoms with Gasteiger partial charge < -0.3 is 5.32 Å². The van der Waals surface area contributed by atoms with Crippen LogP contribution in [0, 0.1) is 6.92 Å². The summed E-state index contributed by atoms with van der Waals surface area (Å²) in [5, 5.41) is 8.95. The predicted molar refractivity (Wildman–Crippen MR) is 124 cm³/mol. The van der Waals surface area contributed by atoms with E-state index in [0.29, 0.717) is 12.5 Å². The summed E-state index contributed by atoms with van der Waals surface area (Å²) in [6.45, 7) is 2.15. The van der Waals surface area contributed by atoms with Gasteiger partial charge in [-0.3, -0.25) is 4.68 Å². The molecule has 1 fully saturated rings. The Bertz CT molecular complexity index is 1210. The molecule has 0 atom stereocenters. The van der Waals surface area contributed by atoms with Crippen LogP contribution in [0.15, 0.2) is 49.1 Å². The lowest BCUT2D eigenvalue weighted by Gasteiger charge is -2.23. The third kappa shape index (κ3) is 4.29. The Morgan fingerprint density at radius 3 is 2.68 bits per heavy atom. The Morgan fingerprint density at radius 1 is 1.03 bits per heavy atom. The summed E-state index contributed by atoms with van der Waals surface area (Å²) in [5.41, 5.74) is 5.69. The average Bonchev–Trinajstić information content (AvgIpc) is 3.22. The highest BCUT2D eigenvalue weighted by Gasteiger charge is 2.16. The minimum atomic E-state index is 0.493. The first kappa shape index (κ1) is 19.7. The van der Waals surface area contributed by atoms with Gasteiger partial charge in [-0.2, -0.15) is 5.10 Å². The molecule has 1 aliphatic carbocycles. The Balaban J connectivity index is 1.40. The molecule has 0 aliphatic heterocycles. The molecule has 0 bridgehead atoms. The molecule has 1 N–H and O–H groups in total. The molecule has 6 nitrogen and oxygen atoms in total. The molecule has 5 rings (SSSR count). The SMILES string of the molecule is Cc1cc(-c2cnn(C)c2)ccc1Cc1ncc2ccnc(NC3CCCCC3)c2n1. The van der Waals surface area contributed by atoms with Crippen LogP contribution in [-0.2, 0) is 13.5 Å². The fourth-order valence-electron chi connectivity index (χ4n) is 4.44. The Kier molecular flexibility index (Phi) is 5.37. The molecule has 6 heteroatoms. The molecule has 0 saturated heterocycles. The van der Waals surface area contributed by atoms with Crippen molar-refractivity contribution in [2.24, 2.45) is 7.05 Å². The van der Waals surface area contributed by atoms with Crippen molar-refractivity contribution in [2.45, 2.75) is 51.5 Å². The minimum Gasteiger partial charge on any atom is -0.366 e. The van der Waals surface area contributed by atoms with Gasteiger partial charge in [0.15, 0.2) is 5.82 Å². The normalized spacial score (nSPS) is 14.8. The molecule has 31 heavy (non-hydrogen) atoms. The summed E-state index contributed by atoms with van der Waals surface area (Å²) in [7, 11) is 1.94. The first-order valence-corrected chi connectivity index (χ1v) is 11.1. The van der Waals surface area contributed by atoms with Gasteiger partial charge in [0, 0.05) is 49.1 Å². The number of benzene rings is 1. The Morgan fingerprint density at radius 2 is 1.90 bits per heavy atom. The fraction of sp³-hybridized carbons (Fsp3) is 0.360. The van der Waals surface area contributed by atoms with Crippen molar-refractivity contribution >= 4 is 16.7 Å². The summed E-state index contributed by atoms with van der Waals surface area (Å²) >= 11 is 0. The average molecular weight is 413 g/mol. The van der Waals surface area contributed by atoms with Crippen molar-refractivity contribution < 1.29 is 0 Å². The molecule has 0 radical (unpaired) electrons. The van der Waals surface area contributed by atoms with Gasteiger partial charge in [-0.05, 0) is 42.5 Å². The summed E-state index contributed by atoms with van der Waals surface area (Å²) < 4.78 is 1.83. The highest BCUT2D eigenvalue weighted by atomic mass is 15.2. The van der Waals surface area contributed by atoms with E-state index in [9.17, 15) is 0 Å². The second kappa shape index (κ2) is 8.46. The summed E-state index contributed by atoms with van der Waals surface area (Å²) in [6, 6.07) is 9.02. The molecule has 1 aromatic carbocycles.